The Kier molecular flexibility index (Phi) is 5.16. The van der Waals surface area contributed by atoms with E-state index in [1.807, 2.05) is 0 Å². The van der Waals surface area contributed by atoms with E-state index >= 15 is 0 Å². The monoisotopic (exact) mass is 431 g/mol. The molecule has 5 nitrogen and oxygen atoms in total. The van der Waals surface area contributed by atoms with Crippen LogP contribution in [0.25, 0.3) is 0 Å². The van der Waals surface area contributed by atoms with Crippen LogP contribution < -0.4 is 0 Å². The van der Waals surface area contributed by atoms with Crippen molar-refractivity contribution >= 4 is 27.7 Å². The zero-order valence-corrected chi connectivity index (χ0v) is 15.8. The second-order valence-corrected chi connectivity index (χ2v) is 8.00. The van der Waals surface area contributed by atoms with Gasteiger partial charge in [0, 0.05) is 5.54 Å². The lowest BCUT2D eigenvalue weighted by atomic mass is 10.1. The lowest BCUT2D eigenvalue weighted by Crippen LogP contribution is -2.30. The van der Waals surface area contributed by atoms with Crippen LogP contribution in [-0.2, 0) is 20.9 Å². The summed E-state index contributed by atoms with van der Waals surface area (Å²) in [6.07, 6.45) is -6.98. The first-order valence-corrected chi connectivity index (χ1v) is 9.73. The number of carbonyl (C=O) groups is 1. The highest BCUT2D eigenvalue weighted by Gasteiger charge is 2.45. The highest BCUT2D eigenvalue weighted by atomic mass is 35.5. The van der Waals surface area contributed by atoms with Gasteiger partial charge in [-0.3, -0.25) is 0 Å². The van der Waals surface area contributed by atoms with E-state index < -0.39 is 34.0 Å². The van der Waals surface area contributed by atoms with Gasteiger partial charge in [-0.25, -0.2) is 13.2 Å². The number of sulfonamides is 1. The lowest BCUT2D eigenvalue weighted by Gasteiger charge is -2.17. The number of ether oxygens (including phenoxy) is 1. The Balaban J connectivity index is 1.98. The van der Waals surface area contributed by atoms with E-state index in [-0.39, 0.29) is 16.2 Å². The highest BCUT2D eigenvalue weighted by Crippen LogP contribution is 2.40. The van der Waals surface area contributed by atoms with Crippen LogP contribution in [0.3, 0.4) is 0 Å². The van der Waals surface area contributed by atoms with Crippen molar-refractivity contribution in [1.82, 2.24) is 4.31 Å². The quantitative estimate of drug-likeness (QED) is 0.687. The maximum absolute atomic E-state index is 12.9. The third kappa shape index (κ3) is 3.59. The Hall–Kier alpha value is -2.52. The number of halogens is 4. The topological polar surface area (TPSA) is 63.7 Å². The molecule has 3 rings (SSSR count). The van der Waals surface area contributed by atoms with E-state index in [1.165, 1.54) is 12.1 Å². The molecule has 28 heavy (non-hydrogen) atoms. The van der Waals surface area contributed by atoms with Crippen molar-refractivity contribution in [1.29, 1.82) is 0 Å². The molecule has 1 fully saturated rings. The zero-order valence-electron chi connectivity index (χ0n) is 14.3. The van der Waals surface area contributed by atoms with E-state index in [4.69, 9.17) is 16.3 Å². The Morgan fingerprint density at radius 3 is 2.14 bits per heavy atom. The first-order valence-electron chi connectivity index (χ1n) is 7.86. The second kappa shape index (κ2) is 7.14. The number of carbonyl (C=O) groups excluding carboxylic acids is 1. The summed E-state index contributed by atoms with van der Waals surface area (Å²) in [4.78, 5) is 12.1. The summed E-state index contributed by atoms with van der Waals surface area (Å²) in [5, 5.41) is 0. The third-order valence-corrected chi connectivity index (χ3v) is 6.03. The molecule has 1 atom stereocenters. The van der Waals surface area contributed by atoms with Crippen LogP contribution in [0.5, 0.6) is 0 Å². The minimum atomic E-state index is -4.53. The molecule has 0 radical (unpaired) electrons. The molecule has 1 saturated heterocycles. The molecule has 1 aliphatic rings. The number of hydrogen-bond acceptors (Lipinski definition) is 4. The van der Waals surface area contributed by atoms with Gasteiger partial charge >= 0.3 is 12.3 Å². The number of aryl methyl sites for hydroxylation is 1. The van der Waals surface area contributed by atoms with Gasteiger partial charge in [-0.1, -0.05) is 41.4 Å². The van der Waals surface area contributed by atoms with Crippen LogP contribution in [0.1, 0.15) is 22.8 Å². The van der Waals surface area contributed by atoms with Crippen LogP contribution in [0, 0.1) is 6.92 Å². The molecule has 10 heteroatoms. The lowest BCUT2D eigenvalue weighted by molar-refractivity contribution is -0.137. The predicted molar refractivity (Wildman–Crippen MR) is 94.8 cm³/mol. The number of amides is 1. The van der Waals surface area contributed by atoms with Crippen molar-refractivity contribution in [2.45, 2.75) is 24.1 Å². The smallest absolute Gasteiger partial charge is 0.429 e. The van der Waals surface area contributed by atoms with E-state index in [0.717, 1.165) is 35.4 Å². The number of nitrogens with zero attached hydrogens (tertiary/aromatic N) is 1. The molecule has 1 amide bonds. The van der Waals surface area contributed by atoms with Gasteiger partial charge in [0.1, 0.15) is 0 Å². The molecule has 0 aliphatic carbocycles. The van der Waals surface area contributed by atoms with Crippen LogP contribution in [0.4, 0.5) is 18.0 Å². The van der Waals surface area contributed by atoms with Gasteiger partial charge in [0.05, 0.1) is 16.2 Å². The van der Waals surface area contributed by atoms with Gasteiger partial charge in [0.2, 0.25) is 0 Å². The van der Waals surface area contributed by atoms with E-state index in [2.05, 4.69) is 0 Å². The summed E-state index contributed by atoms with van der Waals surface area (Å²) in [7, 11) is -4.31. The van der Waals surface area contributed by atoms with Gasteiger partial charge in [0.15, 0.2) is 6.10 Å². The van der Waals surface area contributed by atoms with Crippen molar-refractivity contribution in [3.05, 3.63) is 76.5 Å². The fraction of sp³-hybridized carbons (Fsp3) is 0.167. The van der Waals surface area contributed by atoms with Crippen molar-refractivity contribution in [2.24, 2.45) is 0 Å². The van der Waals surface area contributed by atoms with E-state index in [9.17, 15) is 26.4 Å². The Bertz CT molecular complexity index is 1030. The first-order chi connectivity index (χ1) is 13.1. The number of hydrogen-bond donors (Lipinski definition) is 0. The van der Waals surface area contributed by atoms with E-state index in [0.29, 0.717) is 4.31 Å². The summed E-state index contributed by atoms with van der Waals surface area (Å²) in [6.45, 7) is 1.77. The summed E-state index contributed by atoms with van der Waals surface area (Å²) in [5.74, 6) is 0. The molecular formula is C18H13ClF3NO4S. The van der Waals surface area contributed by atoms with Crippen molar-refractivity contribution < 1.29 is 31.1 Å². The first kappa shape index (κ1) is 20.2. The normalized spacial score (nSPS) is 19.2. The molecule has 2 aromatic carbocycles. The molecule has 0 saturated carbocycles. The van der Waals surface area contributed by atoms with Crippen LogP contribution in [0.15, 0.2) is 64.7 Å². The molecule has 1 unspecified atom stereocenters. The third-order valence-electron chi connectivity index (χ3n) is 4.10. The van der Waals surface area contributed by atoms with Crippen LogP contribution >= 0.6 is 11.6 Å². The van der Waals surface area contributed by atoms with E-state index in [1.54, 1.807) is 19.1 Å². The minimum absolute atomic E-state index is 0.148. The van der Waals surface area contributed by atoms with Crippen LogP contribution in [0.2, 0.25) is 0 Å². The Morgan fingerprint density at radius 1 is 1.07 bits per heavy atom. The fourth-order valence-corrected chi connectivity index (χ4v) is 4.29. The number of cyclic esters (lactones) is 1. The second-order valence-electron chi connectivity index (χ2n) is 6.00. The molecule has 148 valence electrons. The summed E-state index contributed by atoms with van der Waals surface area (Å²) in [5.41, 5.74) is 0.723. The molecule has 1 aliphatic heterocycles. The number of benzene rings is 2. The zero-order chi connectivity index (χ0) is 20.7. The minimum Gasteiger partial charge on any atom is -0.434 e. The van der Waals surface area contributed by atoms with Gasteiger partial charge < -0.3 is 4.74 Å². The average Bonchev–Trinajstić information content (AvgIpc) is 2.98. The maximum atomic E-state index is 12.9. The van der Waals surface area contributed by atoms with Gasteiger partial charge in [-0.15, -0.1) is 0 Å². The summed E-state index contributed by atoms with van der Waals surface area (Å²) >= 11 is 5.75. The van der Waals surface area contributed by atoms with Crippen molar-refractivity contribution in [3.8, 4) is 0 Å². The maximum Gasteiger partial charge on any atom is 0.429 e. The Morgan fingerprint density at radius 2 is 1.64 bits per heavy atom. The van der Waals surface area contributed by atoms with Crippen LogP contribution in [-0.4, -0.2) is 18.8 Å². The molecule has 0 spiro atoms. The SMILES string of the molecule is Cc1ccc(S(=O)(=O)N2C(=O)OC(c3ccc(C(F)(F)F)cc3)/C2=C/Cl)cc1. The molecule has 2 aromatic rings. The predicted octanol–water partition coefficient (Wildman–Crippen LogP) is 4.98. The molecule has 1 heterocycles. The van der Waals surface area contributed by atoms with Crippen molar-refractivity contribution in [2.75, 3.05) is 0 Å². The number of rotatable bonds is 3. The highest BCUT2D eigenvalue weighted by molar-refractivity contribution is 7.89. The molecule has 0 N–H and O–H groups in total. The fourth-order valence-electron chi connectivity index (χ4n) is 2.66. The van der Waals surface area contributed by atoms with Gasteiger partial charge in [-0.2, -0.15) is 17.5 Å². The molecular weight excluding hydrogens is 419 g/mol. The van der Waals surface area contributed by atoms with Crippen molar-refractivity contribution in [3.63, 3.8) is 0 Å². The summed E-state index contributed by atoms with van der Waals surface area (Å²) < 4.78 is 69.4. The number of alkyl halides is 3. The Labute approximate surface area is 164 Å². The van der Waals surface area contributed by atoms with Gasteiger partial charge in [0.25, 0.3) is 10.0 Å². The molecule has 0 bridgehead atoms. The largest absolute Gasteiger partial charge is 0.434 e. The average molecular weight is 432 g/mol. The van der Waals surface area contributed by atoms with Gasteiger partial charge in [-0.05, 0) is 36.8 Å². The summed E-state index contributed by atoms with van der Waals surface area (Å²) in [6, 6.07) is 9.60. The molecule has 0 aromatic heterocycles. The standard InChI is InChI=1S/C18H13ClF3NO4S/c1-11-2-8-14(9-3-11)28(25,26)23-15(10-19)16(27-17(23)24)12-4-6-13(7-5-12)18(20,21)22/h2-10,16H,1H3/b15-10-.